The molecule has 0 bridgehead atoms. The third kappa shape index (κ3) is 4.27. The molecule has 0 spiro atoms. The topological polar surface area (TPSA) is 52.0 Å². The van der Waals surface area contributed by atoms with Gasteiger partial charge in [-0.15, -0.1) is 0 Å². The average molecular weight is 299 g/mol. The van der Waals surface area contributed by atoms with Gasteiger partial charge in [0.2, 0.25) is 0 Å². The number of nitrogens with two attached hydrogens (primary N) is 2. The van der Waals surface area contributed by atoms with E-state index in [-0.39, 0.29) is 0 Å². The van der Waals surface area contributed by atoms with Crippen LogP contribution in [0.15, 0.2) is 36.4 Å². The summed E-state index contributed by atoms with van der Waals surface area (Å²) in [5.41, 5.74) is 2.27. The van der Waals surface area contributed by atoms with Crippen molar-refractivity contribution in [1.29, 1.82) is 0 Å². The van der Waals surface area contributed by atoms with Crippen LogP contribution in [0.25, 0.3) is 11.1 Å². The summed E-state index contributed by atoms with van der Waals surface area (Å²) in [6.45, 7) is 4.09. The van der Waals surface area contributed by atoms with E-state index in [2.05, 4.69) is 11.7 Å². The van der Waals surface area contributed by atoms with Crippen LogP contribution in [0.5, 0.6) is 0 Å². The van der Waals surface area contributed by atoms with Gasteiger partial charge in [0, 0.05) is 11.1 Å². The van der Waals surface area contributed by atoms with Crippen LogP contribution in [-0.4, -0.2) is 0 Å². The maximum absolute atomic E-state index is 13.2. The minimum Gasteiger partial charge on any atom is -0.274 e. The molecule has 4 N–H and O–H groups in total. The minimum atomic E-state index is -0.587. The Kier molecular flexibility index (Phi) is 6.07. The van der Waals surface area contributed by atoms with Crippen molar-refractivity contribution in [2.45, 2.75) is 19.8 Å². The summed E-state index contributed by atoms with van der Waals surface area (Å²) in [5.74, 6) is 7.13. The van der Waals surface area contributed by atoms with Crippen molar-refractivity contribution in [1.82, 2.24) is 0 Å². The number of rotatable bonds is 2. The summed E-state index contributed by atoms with van der Waals surface area (Å²) in [6, 6.07) is 8.95. The lowest BCUT2D eigenvalue weighted by Crippen LogP contribution is -2.02. The minimum absolute atomic E-state index is 0.306. The molecule has 0 unspecified atom stereocenters. The van der Waals surface area contributed by atoms with Crippen LogP contribution in [-0.2, 0) is 0 Å². The first-order chi connectivity index (χ1) is 9.45. The van der Waals surface area contributed by atoms with Gasteiger partial charge in [-0.1, -0.05) is 31.5 Å². The number of halogens is 3. The lowest BCUT2D eigenvalue weighted by Gasteiger charge is -2.10. The standard InChI is InChI=1S/C15H13ClF2.H4N2/c1-9(2)10-3-11(5-13(16)4-10)12-6-14(17)8-15(18)7-12;1-2/h3-9H,1-2H3;1-2H2. The molecule has 0 fully saturated rings. The van der Waals surface area contributed by atoms with Gasteiger partial charge in [0.1, 0.15) is 11.6 Å². The Bertz CT molecular complexity index is 566. The van der Waals surface area contributed by atoms with Crippen molar-refractivity contribution in [2.24, 2.45) is 11.7 Å². The van der Waals surface area contributed by atoms with Crippen molar-refractivity contribution >= 4 is 11.6 Å². The monoisotopic (exact) mass is 298 g/mol. The summed E-state index contributed by atoms with van der Waals surface area (Å²) < 4.78 is 26.4. The van der Waals surface area contributed by atoms with Gasteiger partial charge in [0.15, 0.2) is 0 Å². The molecule has 2 aromatic rings. The number of hydrazine groups is 1. The molecule has 0 aliphatic heterocycles. The van der Waals surface area contributed by atoms with E-state index in [1.165, 1.54) is 12.1 Å². The highest BCUT2D eigenvalue weighted by atomic mass is 35.5. The van der Waals surface area contributed by atoms with Gasteiger partial charge in [-0.25, -0.2) is 8.78 Å². The summed E-state index contributed by atoms with van der Waals surface area (Å²) >= 11 is 6.04. The fraction of sp³-hybridized carbons (Fsp3) is 0.200. The van der Waals surface area contributed by atoms with E-state index in [1.54, 1.807) is 6.07 Å². The van der Waals surface area contributed by atoms with Gasteiger partial charge in [-0.2, -0.15) is 0 Å². The number of hydrogen-bond acceptors (Lipinski definition) is 2. The zero-order valence-electron chi connectivity index (χ0n) is 11.3. The third-order valence-corrected chi connectivity index (χ3v) is 3.00. The van der Waals surface area contributed by atoms with Crippen molar-refractivity contribution in [3.8, 4) is 11.1 Å². The highest BCUT2D eigenvalue weighted by molar-refractivity contribution is 6.31. The van der Waals surface area contributed by atoms with Crippen LogP contribution in [0.4, 0.5) is 8.78 Å². The van der Waals surface area contributed by atoms with Gasteiger partial charge in [-0.3, -0.25) is 11.7 Å². The Morgan fingerprint density at radius 2 is 1.35 bits per heavy atom. The predicted octanol–water partition coefficient (Wildman–Crippen LogP) is 4.23. The Morgan fingerprint density at radius 3 is 1.85 bits per heavy atom. The maximum Gasteiger partial charge on any atom is 0.126 e. The fourth-order valence-electron chi connectivity index (χ4n) is 1.83. The second-order valence-electron chi connectivity index (χ2n) is 4.59. The van der Waals surface area contributed by atoms with E-state index in [9.17, 15) is 8.78 Å². The zero-order chi connectivity index (χ0) is 15.3. The quantitative estimate of drug-likeness (QED) is 0.644. The Hall–Kier alpha value is -1.49. The Labute approximate surface area is 122 Å². The molecule has 0 amide bonds. The molecular formula is C15H17ClF2N2. The van der Waals surface area contributed by atoms with Crippen molar-refractivity contribution in [3.05, 3.63) is 58.6 Å². The number of hydrogen-bond donors (Lipinski definition) is 2. The molecule has 0 aromatic heterocycles. The van der Waals surface area contributed by atoms with E-state index in [1.807, 2.05) is 26.0 Å². The molecule has 2 aromatic carbocycles. The molecule has 0 aliphatic carbocycles. The zero-order valence-corrected chi connectivity index (χ0v) is 12.1. The smallest absolute Gasteiger partial charge is 0.126 e. The second-order valence-corrected chi connectivity index (χ2v) is 5.02. The largest absolute Gasteiger partial charge is 0.274 e. The van der Waals surface area contributed by atoms with Crippen LogP contribution in [0, 0.1) is 11.6 Å². The van der Waals surface area contributed by atoms with Crippen molar-refractivity contribution in [2.75, 3.05) is 0 Å². The van der Waals surface area contributed by atoms with Crippen LogP contribution < -0.4 is 11.7 Å². The van der Waals surface area contributed by atoms with E-state index in [0.29, 0.717) is 16.5 Å². The highest BCUT2D eigenvalue weighted by Crippen LogP contribution is 2.29. The lowest BCUT2D eigenvalue weighted by atomic mass is 9.97. The lowest BCUT2D eigenvalue weighted by molar-refractivity contribution is 0.584. The maximum atomic E-state index is 13.2. The fourth-order valence-corrected chi connectivity index (χ4v) is 2.08. The number of benzene rings is 2. The van der Waals surface area contributed by atoms with E-state index in [4.69, 9.17) is 11.6 Å². The molecule has 2 nitrogen and oxygen atoms in total. The summed E-state index contributed by atoms with van der Waals surface area (Å²) in [7, 11) is 0. The van der Waals surface area contributed by atoms with Gasteiger partial charge < -0.3 is 0 Å². The normalized spacial score (nSPS) is 10.2. The van der Waals surface area contributed by atoms with Crippen LogP contribution in [0.3, 0.4) is 0 Å². The van der Waals surface area contributed by atoms with Crippen LogP contribution >= 0.6 is 11.6 Å². The Balaban J connectivity index is 0.000000956. The molecule has 5 heteroatoms. The first kappa shape index (κ1) is 16.6. The molecule has 0 atom stereocenters. The average Bonchev–Trinajstić information content (AvgIpc) is 2.39. The van der Waals surface area contributed by atoms with E-state index >= 15 is 0 Å². The molecule has 0 saturated carbocycles. The molecule has 20 heavy (non-hydrogen) atoms. The molecule has 0 radical (unpaired) electrons. The summed E-state index contributed by atoms with van der Waals surface area (Å²) in [6.07, 6.45) is 0. The summed E-state index contributed by atoms with van der Waals surface area (Å²) in [4.78, 5) is 0. The highest BCUT2D eigenvalue weighted by Gasteiger charge is 2.07. The molecule has 108 valence electrons. The van der Waals surface area contributed by atoms with Crippen molar-refractivity contribution in [3.63, 3.8) is 0 Å². The van der Waals surface area contributed by atoms with Crippen LogP contribution in [0.1, 0.15) is 25.3 Å². The first-order valence-corrected chi connectivity index (χ1v) is 6.44. The van der Waals surface area contributed by atoms with Gasteiger partial charge >= 0.3 is 0 Å². The predicted molar refractivity (Wildman–Crippen MR) is 79.3 cm³/mol. The first-order valence-electron chi connectivity index (χ1n) is 6.06. The van der Waals surface area contributed by atoms with E-state index in [0.717, 1.165) is 17.2 Å². The molecule has 0 heterocycles. The van der Waals surface area contributed by atoms with Crippen molar-refractivity contribution < 1.29 is 8.78 Å². The SMILES string of the molecule is CC(C)c1cc(Cl)cc(-c2cc(F)cc(F)c2)c1.NN. The molecule has 0 saturated heterocycles. The second kappa shape index (κ2) is 7.33. The molecular weight excluding hydrogens is 282 g/mol. The molecule has 0 aliphatic rings. The van der Waals surface area contributed by atoms with Gasteiger partial charge in [-0.05, 0) is 46.9 Å². The van der Waals surface area contributed by atoms with E-state index < -0.39 is 11.6 Å². The molecule has 2 rings (SSSR count). The third-order valence-electron chi connectivity index (χ3n) is 2.78. The Morgan fingerprint density at radius 1 is 0.850 bits per heavy atom. The van der Waals surface area contributed by atoms with Gasteiger partial charge in [0.05, 0.1) is 0 Å². The summed E-state index contributed by atoms with van der Waals surface area (Å²) in [5, 5.41) is 0.570. The van der Waals surface area contributed by atoms with Crippen LogP contribution in [0.2, 0.25) is 5.02 Å². The van der Waals surface area contributed by atoms with Gasteiger partial charge in [0.25, 0.3) is 0 Å².